The molecular formula is C17H11N3O2S. The van der Waals surface area contributed by atoms with Crippen molar-refractivity contribution in [2.24, 2.45) is 0 Å². The molecule has 0 amide bonds. The van der Waals surface area contributed by atoms with Crippen LogP contribution < -0.4 is 5.32 Å². The zero-order chi connectivity index (χ0) is 16.2. The summed E-state index contributed by atoms with van der Waals surface area (Å²) >= 11 is 1.42. The molecule has 0 saturated heterocycles. The van der Waals surface area contributed by atoms with Gasteiger partial charge in [-0.25, -0.2) is 9.78 Å². The summed E-state index contributed by atoms with van der Waals surface area (Å²) < 4.78 is 0.995. The molecule has 0 unspecified atom stereocenters. The summed E-state index contributed by atoms with van der Waals surface area (Å²) in [4.78, 5) is 15.6. The minimum atomic E-state index is -1.03. The van der Waals surface area contributed by atoms with Crippen LogP contribution in [0.1, 0.15) is 15.4 Å². The number of carboxylic acids is 1. The van der Waals surface area contributed by atoms with E-state index in [9.17, 15) is 10.1 Å². The monoisotopic (exact) mass is 321 g/mol. The number of anilines is 1. The first kappa shape index (κ1) is 14.8. The molecule has 5 nitrogen and oxygen atoms in total. The molecule has 0 bridgehead atoms. The Balaban J connectivity index is 1.94. The van der Waals surface area contributed by atoms with E-state index >= 15 is 0 Å². The molecule has 2 N–H and O–H groups in total. The first-order valence-corrected chi connectivity index (χ1v) is 7.56. The second-order valence-corrected chi connectivity index (χ2v) is 5.68. The predicted molar refractivity (Wildman–Crippen MR) is 90.2 cm³/mol. The molecule has 6 heteroatoms. The molecule has 0 aliphatic heterocycles. The van der Waals surface area contributed by atoms with Crippen molar-refractivity contribution in [3.63, 3.8) is 0 Å². The zero-order valence-corrected chi connectivity index (χ0v) is 12.7. The van der Waals surface area contributed by atoms with Crippen molar-refractivity contribution >= 4 is 38.8 Å². The lowest BCUT2D eigenvalue weighted by Gasteiger charge is -2.05. The van der Waals surface area contributed by atoms with Crippen LogP contribution in [-0.4, -0.2) is 16.1 Å². The maximum Gasteiger partial charge on any atom is 0.337 e. The third kappa shape index (κ3) is 3.05. The first-order chi connectivity index (χ1) is 11.2. The van der Waals surface area contributed by atoms with Crippen LogP contribution in [0, 0.1) is 11.3 Å². The quantitative estimate of drug-likeness (QED) is 0.710. The summed E-state index contributed by atoms with van der Waals surface area (Å²) in [5, 5.41) is 22.0. The SMILES string of the molecule is N#C/C(=C/Nc1ccccc1C(=O)O)c1nc2ccccc2s1. The third-order valence-corrected chi connectivity index (χ3v) is 4.24. The largest absolute Gasteiger partial charge is 0.478 e. The van der Waals surface area contributed by atoms with Crippen molar-refractivity contribution in [3.8, 4) is 6.07 Å². The number of fused-ring (bicyclic) bond motifs is 1. The molecule has 0 radical (unpaired) electrons. The third-order valence-electron chi connectivity index (χ3n) is 3.17. The van der Waals surface area contributed by atoms with Crippen LogP contribution in [0.15, 0.2) is 54.7 Å². The number of allylic oxidation sites excluding steroid dienone is 1. The number of hydrogen-bond donors (Lipinski definition) is 2. The molecule has 0 saturated carbocycles. The van der Waals surface area contributed by atoms with Gasteiger partial charge in [-0.05, 0) is 24.3 Å². The number of nitrogens with one attached hydrogen (secondary N) is 1. The fraction of sp³-hybridized carbons (Fsp3) is 0. The molecule has 0 atom stereocenters. The first-order valence-electron chi connectivity index (χ1n) is 6.74. The Morgan fingerprint density at radius 3 is 2.70 bits per heavy atom. The van der Waals surface area contributed by atoms with Gasteiger partial charge in [-0.15, -0.1) is 11.3 Å². The van der Waals surface area contributed by atoms with E-state index in [1.807, 2.05) is 24.3 Å². The van der Waals surface area contributed by atoms with Crippen molar-refractivity contribution in [2.45, 2.75) is 0 Å². The summed E-state index contributed by atoms with van der Waals surface area (Å²) in [6, 6.07) is 16.3. The number of nitrogens with zero attached hydrogens (tertiary/aromatic N) is 2. The Labute approximate surface area is 136 Å². The highest BCUT2D eigenvalue weighted by atomic mass is 32.1. The van der Waals surface area contributed by atoms with Crippen LogP contribution in [0.25, 0.3) is 15.8 Å². The van der Waals surface area contributed by atoms with Gasteiger partial charge in [0.2, 0.25) is 0 Å². The Morgan fingerprint density at radius 2 is 1.96 bits per heavy atom. The van der Waals surface area contributed by atoms with E-state index in [0.29, 0.717) is 16.3 Å². The van der Waals surface area contributed by atoms with Gasteiger partial charge in [0.05, 0.1) is 21.5 Å². The summed E-state index contributed by atoms with van der Waals surface area (Å²) in [6.45, 7) is 0. The molecule has 0 spiro atoms. The van der Waals surface area contributed by atoms with E-state index < -0.39 is 5.97 Å². The maximum atomic E-state index is 11.2. The van der Waals surface area contributed by atoms with Gasteiger partial charge in [-0.3, -0.25) is 0 Å². The van der Waals surface area contributed by atoms with Crippen molar-refractivity contribution < 1.29 is 9.90 Å². The van der Waals surface area contributed by atoms with Crippen LogP contribution in [-0.2, 0) is 0 Å². The van der Waals surface area contributed by atoms with E-state index in [2.05, 4.69) is 16.4 Å². The van der Waals surface area contributed by atoms with Gasteiger partial charge in [0.1, 0.15) is 16.6 Å². The van der Waals surface area contributed by atoms with E-state index in [-0.39, 0.29) is 5.56 Å². The lowest BCUT2D eigenvalue weighted by molar-refractivity contribution is 0.0698. The summed E-state index contributed by atoms with van der Waals surface area (Å²) in [5.74, 6) is -1.03. The number of aromatic nitrogens is 1. The summed E-state index contributed by atoms with van der Waals surface area (Å²) in [5.41, 5.74) is 1.75. The molecule has 2 aromatic carbocycles. The molecule has 1 aromatic heterocycles. The van der Waals surface area contributed by atoms with Crippen LogP contribution in [0.2, 0.25) is 0 Å². The number of hydrogen-bond acceptors (Lipinski definition) is 5. The summed E-state index contributed by atoms with van der Waals surface area (Å²) in [6.07, 6.45) is 1.49. The van der Waals surface area contributed by atoms with Gasteiger partial charge < -0.3 is 10.4 Å². The number of thiazole rings is 1. The fourth-order valence-electron chi connectivity index (χ4n) is 2.07. The minimum Gasteiger partial charge on any atom is -0.478 e. The van der Waals surface area contributed by atoms with Crippen molar-refractivity contribution in [3.05, 3.63) is 65.3 Å². The number of carboxylic acid groups (broad SMARTS) is 1. The predicted octanol–water partition coefficient (Wildman–Crippen LogP) is 3.97. The lowest BCUT2D eigenvalue weighted by Crippen LogP contribution is -2.02. The van der Waals surface area contributed by atoms with Crippen LogP contribution in [0.3, 0.4) is 0 Å². The van der Waals surface area contributed by atoms with Crippen molar-refractivity contribution in [1.82, 2.24) is 4.98 Å². The minimum absolute atomic E-state index is 0.144. The Hall–Kier alpha value is -3.17. The van der Waals surface area contributed by atoms with E-state index in [0.717, 1.165) is 10.2 Å². The standard InChI is InChI=1S/C17H11N3O2S/c18-9-11(16-20-14-7-3-4-8-15(14)23-16)10-19-13-6-2-1-5-12(13)17(21)22/h1-8,10,19H,(H,21,22)/b11-10-. The van der Waals surface area contributed by atoms with E-state index in [4.69, 9.17) is 5.11 Å². The zero-order valence-electron chi connectivity index (χ0n) is 11.9. The number of benzene rings is 2. The number of carbonyl (C=O) groups is 1. The molecule has 3 rings (SSSR count). The molecule has 0 aliphatic carbocycles. The molecule has 0 fully saturated rings. The highest BCUT2D eigenvalue weighted by Crippen LogP contribution is 2.27. The maximum absolute atomic E-state index is 11.2. The number of para-hydroxylation sites is 2. The van der Waals surface area contributed by atoms with E-state index in [1.54, 1.807) is 18.2 Å². The highest BCUT2D eigenvalue weighted by Gasteiger charge is 2.10. The lowest BCUT2D eigenvalue weighted by atomic mass is 10.2. The van der Waals surface area contributed by atoms with Gasteiger partial charge in [0, 0.05) is 6.20 Å². The average Bonchev–Trinajstić information content (AvgIpc) is 2.99. The van der Waals surface area contributed by atoms with Crippen LogP contribution >= 0.6 is 11.3 Å². The van der Waals surface area contributed by atoms with Gasteiger partial charge in [-0.1, -0.05) is 24.3 Å². The van der Waals surface area contributed by atoms with Crippen molar-refractivity contribution in [1.29, 1.82) is 5.26 Å². The molecule has 1 heterocycles. The highest BCUT2D eigenvalue weighted by molar-refractivity contribution is 7.19. The Morgan fingerprint density at radius 1 is 1.22 bits per heavy atom. The van der Waals surface area contributed by atoms with E-state index in [1.165, 1.54) is 23.6 Å². The molecule has 112 valence electrons. The van der Waals surface area contributed by atoms with Crippen LogP contribution in [0.4, 0.5) is 5.69 Å². The van der Waals surface area contributed by atoms with Crippen molar-refractivity contribution in [2.75, 3.05) is 5.32 Å². The Bertz CT molecular complexity index is 921. The normalized spacial score (nSPS) is 11.2. The molecule has 0 aliphatic rings. The van der Waals surface area contributed by atoms with Gasteiger partial charge in [-0.2, -0.15) is 5.26 Å². The smallest absolute Gasteiger partial charge is 0.337 e. The molecule has 23 heavy (non-hydrogen) atoms. The summed E-state index contributed by atoms with van der Waals surface area (Å²) in [7, 11) is 0. The van der Waals surface area contributed by atoms with Gasteiger partial charge >= 0.3 is 5.97 Å². The van der Waals surface area contributed by atoms with Gasteiger partial charge in [0.25, 0.3) is 0 Å². The molecule has 3 aromatic rings. The van der Waals surface area contributed by atoms with Gasteiger partial charge in [0.15, 0.2) is 0 Å². The second-order valence-electron chi connectivity index (χ2n) is 4.65. The molecular weight excluding hydrogens is 310 g/mol. The van der Waals surface area contributed by atoms with Crippen LogP contribution in [0.5, 0.6) is 0 Å². The average molecular weight is 321 g/mol. The number of aromatic carboxylic acids is 1. The number of nitriles is 1. The fourth-order valence-corrected chi connectivity index (χ4v) is 3.01. The number of rotatable bonds is 4. The topological polar surface area (TPSA) is 86.0 Å². The Kier molecular flexibility index (Phi) is 4.04. The second kappa shape index (κ2) is 6.30.